The van der Waals surface area contributed by atoms with Crippen LogP contribution in [0, 0.1) is 6.92 Å². The maximum Gasteiger partial charge on any atom is 0.337 e. The van der Waals surface area contributed by atoms with Gasteiger partial charge in [0.1, 0.15) is 0 Å². The van der Waals surface area contributed by atoms with Crippen LogP contribution in [-0.2, 0) is 9.39 Å². The first-order valence-corrected chi connectivity index (χ1v) is 6.51. The molecule has 0 atom stereocenters. The van der Waals surface area contributed by atoms with Crippen molar-refractivity contribution in [1.82, 2.24) is 0 Å². The van der Waals surface area contributed by atoms with Crippen LogP contribution in [0.2, 0.25) is 0 Å². The van der Waals surface area contributed by atoms with Gasteiger partial charge in [-0.15, -0.1) is 0 Å². The first kappa shape index (κ1) is 16.7. The molecule has 1 rings (SSSR count). The van der Waals surface area contributed by atoms with Crippen LogP contribution >= 0.6 is 0 Å². The predicted octanol–water partition coefficient (Wildman–Crippen LogP) is 1.59. The van der Waals surface area contributed by atoms with E-state index in [4.69, 9.17) is 9.39 Å². The van der Waals surface area contributed by atoms with Gasteiger partial charge in [0.15, 0.2) is 0 Å². The quantitative estimate of drug-likeness (QED) is 0.656. The smallest absolute Gasteiger partial charge is 0.337 e. The van der Waals surface area contributed by atoms with Crippen molar-refractivity contribution in [2.24, 2.45) is 0 Å². The molecule has 0 spiro atoms. The summed E-state index contributed by atoms with van der Waals surface area (Å²) in [6.45, 7) is 8.83. The Bertz CT molecular complexity index is 489. The zero-order valence-electron chi connectivity index (χ0n) is 13.0. The molecule has 0 fully saturated rings. The lowest BCUT2D eigenvalue weighted by molar-refractivity contribution is -0.0893. The summed E-state index contributed by atoms with van der Waals surface area (Å²) in [5.41, 5.74) is 0.204. The molecule has 0 aliphatic heterocycles. The van der Waals surface area contributed by atoms with Crippen LogP contribution in [0.25, 0.3) is 0 Å². The Hall–Kier alpha value is -1.33. The minimum Gasteiger partial charge on any atom is -0.465 e. The van der Waals surface area contributed by atoms with Gasteiger partial charge in [0, 0.05) is 0 Å². The molecular formula is C15H22BO4. The fraction of sp³-hybridized carbons (Fsp3) is 0.533. The summed E-state index contributed by atoms with van der Waals surface area (Å²) in [6.07, 6.45) is 0. The van der Waals surface area contributed by atoms with Crippen molar-refractivity contribution in [3.63, 3.8) is 0 Å². The van der Waals surface area contributed by atoms with Gasteiger partial charge in [0.2, 0.25) is 0 Å². The van der Waals surface area contributed by atoms with E-state index in [2.05, 4.69) is 0 Å². The maximum absolute atomic E-state index is 11.8. The molecule has 4 nitrogen and oxygen atoms in total. The van der Waals surface area contributed by atoms with Gasteiger partial charge in [-0.1, -0.05) is 17.7 Å². The van der Waals surface area contributed by atoms with Gasteiger partial charge in [0.25, 0.3) is 0 Å². The van der Waals surface area contributed by atoms with Gasteiger partial charge in [-0.2, -0.15) is 0 Å². The first-order valence-electron chi connectivity index (χ1n) is 6.51. The number of carbonyl (C=O) groups excluding carboxylic acids is 1. The lowest BCUT2D eigenvalue weighted by atomic mass is 9.78. The number of hydrogen-bond acceptors (Lipinski definition) is 4. The van der Waals surface area contributed by atoms with Crippen molar-refractivity contribution in [1.29, 1.82) is 0 Å². The van der Waals surface area contributed by atoms with E-state index in [1.54, 1.807) is 39.8 Å². The molecule has 1 radical (unpaired) electrons. The second-order valence-electron chi connectivity index (χ2n) is 5.83. The maximum atomic E-state index is 11.8. The lowest BCUT2D eigenvalue weighted by Gasteiger charge is -2.37. The van der Waals surface area contributed by atoms with E-state index in [1.165, 1.54) is 14.6 Å². The average molecular weight is 277 g/mol. The highest BCUT2D eigenvalue weighted by atomic mass is 16.5. The third kappa shape index (κ3) is 3.61. The van der Waals surface area contributed by atoms with Gasteiger partial charge in [-0.05, 0) is 46.1 Å². The number of aryl methyl sites for hydroxylation is 1. The lowest BCUT2D eigenvalue weighted by Crippen LogP contribution is -2.49. The molecule has 0 saturated heterocycles. The predicted molar refractivity (Wildman–Crippen MR) is 79.4 cm³/mol. The van der Waals surface area contributed by atoms with Gasteiger partial charge in [-0.25, -0.2) is 4.79 Å². The number of carbonyl (C=O) groups is 1. The number of ether oxygens (including phenoxy) is 1. The van der Waals surface area contributed by atoms with Crippen molar-refractivity contribution in [3.05, 3.63) is 29.3 Å². The van der Waals surface area contributed by atoms with Crippen molar-refractivity contribution in [3.8, 4) is 0 Å². The van der Waals surface area contributed by atoms with E-state index >= 15 is 0 Å². The van der Waals surface area contributed by atoms with Crippen LogP contribution in [0.5, 0.6) is 0 Å². The van der Waals surface area contributed by atoms with E-state index in [9.17, 15) is 9.90 Å². The summed E-state index contributed by atoms with van der Waals surface area (Å²) in [6, 6.07) is 5.36. The topological polar surface area (TPSA) is 55.8 Å². The highest BCUT2D eigenvalue weighted by Crippen LogP contribution is 2.24. The van der Waals surface area contributed by atoms with Crippen molar-refractivity contribution in [2.75, 3.05) is 7.11 Å². The molecule has 0 aromatic heterocycles. The molecule has 0 saturated carbocycles. The molecule has 1 N–H and O–H groups in total. The second-order valence-corrected chi connectivity index (χ2v) is 5.83. The second kappa shape index (κ2) is 5.98. The molecule has 0 heterocycles. The Labute approximate surface area is 121 Å². The van der Waals surface area contributed by atoms with Gasteiger partial charge >= 0.3 is 13.5 Å². The van der Waals surface area contributed by atoms with Crippen LogP contribution in [0.3, 0.4) is 0 Å². The van der Waals surface area contributed by atoms with E-state index < -0.39 is 17.2 Å². The molecule has 20 heavy (non-hydrogen) atoms. The molecule has 5 heteroatoms. The van der Waals surface area contributed by atoms with Crippen LogP contribution in [0.15, 0.2) is 18.2 Å². The molecule has 0 unspecified atom stereocenters. The van der Waals surface area contributed by atoms with Crippen molar-refractivity contribution >= 4 is 18.9 Å². The van der Waals surface area contributed by atoms with Gasteiger partial charge in [-0.3, -0.25) is 0 Å². The van der Waals surface area contributed by atoms with Crippen LogP contribution in [0.4, 0.5) is 0 Å². The molecule has 0 amide bonds. The van der Waals surface area contributed by atoms with Crippen molar-refractivity contribution in [2.45, 2.75) is 45.8 Å². The molecule has 1 aromatic rings. The summed E-state index contributed by atoms with van der Waals surface area (Å²) in [5, 5.41) is 10.1. The number of rotatable bonds is 5. The number of aliphatic hydroxyl groups is 1. The minimum absolute atomic E-state index is 0.412. The van der Waals surface area contributed by atoms with Gasteiger partial charge < -0.3 is 14.5 Å². The molecular weight excluding hydrogens is 255 g/mol. The monoisotopic (exact) mass is 277 g/mol. The van der Waals surface area contributed by atoms with E-state index in [0.717, 1.165) is 5.56 Å². The highest BCUT2D eigenvalue weighted by molar-refractivity contribution is 6.50. The van der Waals surface area contributed by atoms with E-state index in [-0.39, 0.29) is 0 Å². The summed E-state index contributed by atoms with van der Waals surface area (Å²) >= 11 is 0. The fourth-order valence-corrected chi connectivity index (χ4v) is 1.48. The fourth-order valence-electron chi connectivity index (χ4n) is 1.48. The van der Waals surface area contributed by atoms with Crippen LogP contribution in [0.1, 0.15) is 43.6 Å². The SMILES string of the molecule is COC(=O)c1cccc(C)c1[B]OC(C)(C)C(C)(C)O. The van der Waals surface area contributed by atoms with E-state index in [1.807, 2.05) is 13.0 Å². The molecule has 109 valence electrons. The Kier molecular flexibility index (Phi) is 5.00. The van der Waals surface area contributed by atoms with E-state index in [0.29, 0.717) is 11.0 Å². The molecule has 0 bridgehead atoms. The Morgan fingerprint density at radius 3 is 2.35 bits per heavy atom. The largest absolute Gasteiger partial charge is 0.465 e. The average Bonchev–Trinajstić information content (AvgIpc) is 2.34. The first-order chi connectivity index (χ1) is 9.10. The third-order valence-electron chi connectivity index (χ3n) is 3.67. The van der Waals surface area contributed by atoms with Crippen LogP contribution in [-0.4, -0.2) is 36.9 Å². The van der Waals surface area contributed by atoms with Crippen molar-refractivity contribution < 1.29 is 19.3 Å². The number of hydrogen-bond donors (Lipinski definition) is 1. The number of methoxy groups -OCH3 is 1. The summed E-state index contributed by atoms with van der Waals surface area (Å²) in [5.74, 6) is -0.412. The summed E-state index contributed by atoms with van der Waals surface area (Å²) in [4.78, 5) is 11.8. The minimum atomic E-state index is -1.02. The standard InChI is InChI=1S/C15H22BO4/c1-10-8-7-9-11(13(17)19-6)12(10)16-20-15(4,5)14(2,3)18/h7-9,18H,1-6H3. The Morgan fingerprint density at radius 2 is 1.85 bits per heavy atom. The summed E-state index contributed by atoms with van der Waals surface area (Å²) < 4.78 is 10.5. The number of benzene rings is 1. The molecule has 0 aliphatic rings. The Balaban J connectivity index is 3.02. The Morgan fingerprint density at radius 1 is 1.25 bits per heavy atom. The normalized spacial score (nSPS) is 12.2. The summed E-state index contributed by atoms with van der Waals surface area (Å²) in [7, 11) is 2.86. The third-order valence-corrected chi connectivity index (χ3v) is 3.67. The zero-order chi connectivity index (χ0) is 15.6. The zero-order valence-corrected chi connectivity index (χ0v) is 13.0. The van der Waals surface area contributed by atoms with Gasteiger partial charge in [0.05, 0.1) is 23.9 Å². The molecule has 0 aliphatic carbocycles. The number of esters is 1. The highest BCUT2D eigenvalue weighted by Gasteiger charge is 2.36. The molecule has 1 aromatic carbocycles. The van der Waals surface area contributed by atoms with Crippen LogP contribution < -0.4 is 5.46 Å².